The van der Waals surface area contributed by atoms with E-state index in [1.54, 1.807) is 0 Å². The summed E-state index contributed by atoms with van der Waals surface area (Å²) in [5.41, 5.74) is 0. The highest BCUT2D eigenvalue weighted by Gasteiger charge is 2.18. The van der Waals surface area contributed by atoms with Gasteiger partial charge in [0, 0.05) is 6.04 Å². The lowest BCUT2D eigenvalue weighted by Crippen LogP contribution is -2.32. The summed E-state index contributed by atoms with van der Waals surface area (Å²) in [5.74, 6) is 2.05. The Balaban J connectivity index is 1.87. The molecule has 1 aliphatic rings. The van der Waals surface area contributed by atoms with Gasteiger partial charge in [-0.05, 0) is 65.4 Å². The summed E-state index contributed by atoms with van der Waals surface area (Å²) in [5, 5.41) is 3.69. The van der Waals surface area contributed by atoms with Gasteiger partial charge in [-0.1, -0.05) is 0 Å². The van der Waals surface area contributed by atoms with E-state index >= 15 is 0 Å². The molecule has 1 aromatic heterocycles. The highest BCUT2D eigenvalue weighted by Crippen LogP contribution is 2.19. The predicted molar refractivity (Wildman–Crippen MR) is 70.1 cm³/mol. The van der Waals surface area contributed by atoms with E-state index in [2.05, 4.69) is 30.3 Å². The Hall–Kier alpha value is -0.800. The van der Waals surface area contributed by atoms with Crippen LogP contribution in [0.1, 0.15) is 43.7 Å². The van der Waals surface area contributed by atoms with Crippen LogP contribution in [0.15, 0.2) is 16.5 Å². The number of hydrogen-bond donors (Lipinski definition) is 1. The van der Waals surface area contributed by atoms with Crippen molar-refractivity contribution in [1.29, 1.82) is 0 Å². The zero-order valence-corrected chi connectivity index (χ0v) is 11.2. The molecule has 0 bridgehead atoms. The molecule has 0 saturated carbocycles. The minimum Gasteiger partial charge on any atom is -0.465 e. The van der Waals surface area contributed by atoms with Gasteiger partial charge in [0.2, 0.25) is 0 Å². The van der Waals surface area contributed by atoms with Crippen LogP contribution in [0.3, 0.4) is 0 Å². The van der Waals surface area contributed by atoms with Gasteiger partial charge in [0.15, 0.2) is 0 Å². The minimum absolute atomic E-state index is 0.317. The third-order valence-electron chi connectivity index (χ3n) is 3.63. The number of aryl methyl sites for hydroxylation is 1. The molecule has 0 radical (unpaired) electrons. The zero-order chi connectivity index (χ0) is 12.3. The van der Waals surface area contributed by atoms with Crippen LogP contribution in [0.25, 0.3) is 0 Å². The standard InChI is InChI=1S/C14H24N2O/c1-11-6-7-14(17-11)12(2)15-13-5-4-9-16(3)10-8-13/h6-7,12-13,15H,4-5,8-10H2,1-3H3. The first-order valence-corrected chi connectivity index (χ1v) is 6.66. The number of rotatable bonds is 3. The van der Waals surface area contributed by atoms with Gasteiger partial charge in [-0.15, -0.1) is 0 Å². The summed E-state index contributed by atoms with van der Waals surface area (Å²) in [4.78, 5) is 2.42. The molecule has 0 amide bonds. The van der Waals surface area contributed by atoms with Crippen LogP contribution in [0, 0.1) is 6.92 Å². The summed E-state index contributed by atoms with van der Waals surface area (Å²) in [7, 11) is 2.21. The van der Waals surface area contributed by atoms with E-state index in [-0.39, 0.29) is 0 Å². The third kappa shape index (κ3) is 3.58. The molecule has 2 atom stereocenters. The van der Waals surface area contributed by atoms with Gasteiger partial charge in [0.05, 0.1) is 6.04 Å². The van der Waals surface area contributed by atoms with E-state index in [1.165, 1.54) is 32.4 Å². The van der Waals surface area contributed by atoms with Gasteiger partial charge in [0.25, 0.3) is 0 Å². The van der Waals surface area contributed by atoms with Crippen molar-refractivity contribution in [1.82, 2.24) is 10.2 Å². The molecular formula is C14H24N2O. The Bertz CT molecular complexity index is 348. The summed E-state index contributed by atoms with van der Waals surface area (Å²) < 4.78 is 5.67. The fourth-order valence-electron chi connectivity index (χ4n) is 2.53. The van der Waals surface area contributed by atoms with Crippen LogP contribution in [0.4, 0.5) is 0 Å². The quantitative estimate of drug-likeness (QED) is 0.874. The average molecular weight is 236 g/mol. The molecule has 1 aliphatic heterocycles. The molecule has 1 aromatic rings. The highest BCUT2D eigenvalue weighted by molar-refractivity contribution is 5.09. The lowest BCUT2D eigenvalue weighted by molar-refractivity contribution is 0.333. The molecule has 96 valence electrons. The topological polar surface area (TPSA) is 28.4 Å². The fraction of sp³-hybridized carbons (Fsp3) is 0.714. The SMILES string of the molecule is Cc1ccc(C(C)NC2CCCN(C)CC2)o1. The first-order chi connectivity index (χ1) is 8.15. The zero-order valence-electron chi connectivity index (χ0n) is 11.2. The van der Waals surface area contributed by atoms with Crippen molar-refractivity contribution in [2.24, 2.45) is 0 Å². The molecule has 2 unspecified atom stereocenters. The van der Waals surface area contributed by atoms with Crippen molar-refractivity contribution in [3.8, 4) is 0 Å². The van der Waals surface area contributed by atoms with Gasteiger partial charge in [-0.3, -0.25) is 0 Å². The van der Waals surface area contributed by atoms with Gasteiger partial charge in [0.1, 0.15) is 11.5 Å². The summed E-state index contributed by atoms with van der Waals surface area (Å²) in [6.07, 6.45) is 3.80. The Morgan fingerprint density at radius 2 is 2.18 bits per heavy atom. The lowest BCUT2D eigenvalue weighted by Gasteiger charge is -2.20. The smallest absolute Gasteiger partial charge is 0.120 e. The van der Waals surface area contributed by atoms with Crippen LogP contribution < -0.4 is 5.32 Å². The maximum atomic E-state index is 5.67. The predicted octanol–water partition coefficient (Wildman–Crippen LogP) is 2.72. The van der Waals surface area contributed by atoms with Gasteiger partial charge >= 0.3 is 0 Å². The Morgan fingerprint density at radius 1 is 1.35 bits per heavy atom. The average Bonchev–Trinajstić information content (AvgIpc) is 2.62. The van der Waals surface area contributed by atoms with Crippen LogP contribution in [0.5, 0.6) is 0 Å². The minimum atomic E-state index is 0.317. The molecule has 3 nitrogen and oxygen atoms in total. The molecule has 1 N–H and O–H groups in total. The number of nitrogens with zero attached hydrogens (tertiary/aromatic N) is 1. The lowest BCUT2D eigenvalue weighted by atomic mass is 10.1. The number of hydrogen-bond acceptors (Lipinski definition) is 3. The summed E-state index contributed by atoms with van der Waals surface area (Å²) >= 11 is 0. The number of nitrogens with one attached hydrogen (secondary N) is 1. The van der Waals surface area contributed by atoms with Gasteiger partial charge in [-0.25, -0.2) is 0 Å². The number of furan rings is 1. The monoisotopic (exact) mass is 236 g/mol. The molecule has 1 fully saturated rings. The van der Waals surface area contributed by atoms with E-state index in [9.17, 15) is 0 Å². The normalized spacial score (nSPS) is 24.5. The molecular weight excluding hydrogens is 212 g/mol. The molecule has 0 aliphatic carbocycles. The summed E-state index contributed by atoms with van der Waals surface area (Å²) in [6, 6.07) is 5.06. The molecule has 3 heteroatoms. The van der Waals surface area contributed by atoms with E-state index in [0.717, 1.165) is 11.5 Å². The molecule has 0 aromatic carbocycles. The fourth-order valence-corrected chi connectivity index (χ4v) is 2.53. The van der Waals surface area contributed by atoms with Crippen LogP contribution in [-0.2, 0) is 0 Å². The van der Waals surface area contributed by atoms with Gasteiger partial charge in [-0.2, -0.15) is 0 Å². The van der Waals surface area contributed by atoms with Crippen molar-refractivity contribution >= 4 is 0 Å². The second-order valence-corrected chi connectivity index (χ2v) is 5.27. The Labute approximate surface area is 104 Å². The second kappa shape index (κ2) is 5.69. The highest BCUT2D eigenvalue weighted by atomic mass is 16.3. The summed E-state index contributed by atoms with van der Waals surface area (Å²) in [6.45, 7) is 6.61. The van der Waals surface area contributed by atoms with Crippen LogP contribution in [0.2, 0.25) is 0 Å². The Kier molecular flexibility index (Phi) is 4.24. The second-order valence-electron chi connectivity index (χ2n) is 5.27. The Morgan fingerprint density at radius 3 is 2.88 bits per heavy atom. The molecule has 2 heterocycles. The van der Waals surface area contributed by atoms with Crippen LogP contribution in [-0.4, -0.2) is 31.1 Å². The molecule has 0 spiro atoms. The van der Waals surface area contributed by atoms with E-state index < -0.39 is 0 Å². The largest absolute Gasteiger partial charge is 0.465 e. The van der Waals surface area contributed by atoms with E-state index in [1.807, 2.05) is 13.0 Å². The maximum absolute atomic E-state index is 5.67. The van der Waals surface area contributed by atoms with Gasteiger partial charge < -0.3 is 14.6 Å². The molecule has 1 saturated heterocycles. The van der Waals surface area contributed by atoms with E-state index in [4.69, 9.17) is 4.42 Å². The maximum Gasteiger partial charge on any atom is 0.120 e. The van der Waals surface area contributed by atoms with Crippen molar-refractivity contribution < 1.29 is 4.42 Å². The van der Waals surface area contributed by atoms with Crippen molar-refractivity contribution in [2.75, 3.05) is 20.1 Å². The van der Waals surface area contributed by atoms with Crippen LogP contribution >= 0.6 is 0 Å². The van der Waals surface area contributed by atoms with Crippen molar-refractivity contribution in [3.05, 3.63) is 23.7 Å². The third-order valence-corrected chi connectivity index (χ3v) is 3.63. The molecule has 2 rings (SSSR count). The number of likely N-dealkylation sites (tertiary alicyclic amines) is 1. The first-order valence-electron chi connectivity index (χ1n) is 6.66. The molecule has 17 heavy (non-hydrogen) atoms. The van der Waals surface area contributed by atoms with Crippen molar-refractivity contribution in [2.45, 2.75) is 45.2 Å². The van der Waals surface area contributed by atoms with E-state index in [0.29, 0.717) is 12.1 Å². The first kappa shape index (κ1) is 12.7. The van der Waals surface area contributed by atoms with Crippen molar-refractivity contribution in [3.63, 3.8) is 0 Å².